The molecule has 0 radical (unpaired) electrons. The fraction of sp³-hybridized carbons (Fsp3) is 0.636. The van der Waals surface area contributed by atoms with Gasteiger partial charge in [0.15, 0.2) is 0 Å². The van der Waals surface area contributed by atoms with Gasteiger partial charge in [-0.2, -0.15) is 5.10 Å². The molecule has 0 atom stereocenters. The first kappa shape index (κ1) is 12.7. The standard InChI is InChI=1S/C11H19N3O2/c1-16-11(15)5-2-6-12-7-3-9-14-10-4-8-13-14/h4,8,10,12H,2-3,5-7,9H2,1H3. The third-order valence-electron chi connectivity index (χ3n) is 2.26. The van der Waals surface area contributed by atoms with E-state index in [4.69, 9.17) is 0 Å². The van der Waals surface area contributed by atoms with Crippen LogP contribution in [0.15, 0.2) is 18.5 Å². The molecule has 5 nitrogen and oxygen atoms in total. The number of esters is 1. The highest BCUT2D eigenvalue weighted by atomic mass is 16.5. The summed E-state index contributed by atoms with van der Waals surface area (Å²) in [7, 11) is 1.42. The Kier molecular flexibility index (Phi) is 6.25. The second-order valence-corrected chi connectivity index (χ2v) is 3.55. The Morgan fingerprint density at radius 3 is 2.94 bits per heavy atom. The normalized spacial score (nSPS) is 10.3. The van der Waals surface area contributed by atoms with Crippen LogP contribution in [0, 0.1) is 0 Å². The smallest absolute Gasteiger partial charge is 0.305 e. The Balaban J connectivity index is 1.87. The summed E-state index contributed by atoms with van der Waals surface area (Å²) in [6.45, 7) is 2.73. The lowest BCUT2D eigenvalue weighted by molar-refractivity contribution is -0.140. The zero-order valence-electron chi connectivity index (χ0n) is 9.69. The Hall–Kier alpha value is -1.36. The number of carbonyl (C=O) groups is 1. The molecule has 0 amide bonds. The Bertz CT molecular complexity index is 285. The summed E-state index contributed by atoms with van der Waals surface area (Å²) >= 11 is 0. The van der Waals surface area contributed by atoms with E-state index in [1.807, 2.05) is 16.9 Å². The molecule has 0 aliphatic carbocycles. The van der Waals surface area contributed by atoms with E-state index < -0.39 is 0 Å². The monoisotopic (exact) mass is 225 g/mol. The van der Waals surface area contributed by atoms with Gasteiger partial charge in [0.2, 0.25) is 0 Å². The average Bonchev–Trinajstić information content (AvgIpc) is 2.80. The third kappa shape index (κ3) is 5.50. The summed E-state index contributed by atoms with van der Waals surface area (Å²) in [5.74, 6) is -0.140. The highest BCUT2D eigenvalue weighted by Crippen LogP contribution is 1.91. The summed E-state index contributed by atoms with van der Waals surface area (Å²) in [5, 5.41) is 7.39. The number of rotatable bonds is 8. The topological polar surface area (TPSA) is 56.1 Å². The molecule has 0 unspecified atom stereocenters. The van der Waals surface area contributed by atoms with Crippen molar-refractivity contribution < 1.29 is 9.53 Å². The molecule has 0 bridgehead atoms. The van der Waals surface area contributed by atoms with Gasteiger partial charge in [-0.05, 0) is 32.0 Å². The maximum Gasteiger partial charge on any atom is 0.305 e. The van der Waals surface area contributed by atoms with Crippen LogP contribution in [0.2, 0.25) is 0 Å². The number of hydrogen-bond donors (Lipinski definition) is 1. The lowest BCUT2D eigenvalue weighted by Gasteiger charge is -2.04. The molecular weight excluding hydrogens is 206 g/mol. The van der Waals surface area contributed by atoms with Crippen molar-refractivity contribution in [3.63, 3.8) is 0 Å². The van der Waals surface area contributed by atoms with Crippen LogP contribution in [-0.4, -0.2) is 35.9 Å². The van der Waals surface area contributed by atoms with Crippen LogP contribution in [0.4, 0.5) is 0 Å². The molecule has 5 heteroatoms. The summed E-state index contributed by atoms with van der Waals surface area (Å²) in [6, 6.07) is 1.92. The van der Waals surface area contributed by atoms with Crippen molar-refractivity contribution in [1.82, 2.24) is 15.1 Å². The van der Waals surface area contributed by atoms with E-state index in [1.165, 1.54) is 7.11 Å². The van der Waals surface area contributed by atoms with E-state index in [0.717, 1.165) is 32.5 Å². The number of aryl methyl sites for hydroxylation is 1. The number of ether oxygens (including phenoxy) is 1. The first-order chi connectivity index (χ1) is 7.83. The quantitative estimate of drug-likeness (QED) is 0.525. The molecule has 1 aromatic rings. The number of nitrogens with zero attached hydrogens (tertiary/aromatic N) is 2. The molecule has 0 fully saturated rings. The molecule has 0 aromatic carbocycles. The zero-order chi connectivity index (χ0) is 11.6. The van der Waals surface area contributed by atoms with Crippen LogP contribution in [0.3, 0.4) is 0 Å². The van der Waals surface area contributed by atoms with Crippen LogP contribution < -0.4 is 5.32 Å². The van der Waals surface area contributed by atoms with Gasteiger partial charge < -0.3 is 10.1 Å². The van der Waals surface area contributed by atoms with Crippen LogP contribution in [0.25, 0.3) is 0 Å². The van der Waals surface area contributed by atoms with Gasteiger partial charge in [-0.25, -0.2) is 0 Å². The molecule has 90 valence electrons. The molecule has 1 N–H and O–H groups in total. The van der Waals surface area contributed by atoms with E-state index in [-0.39, 0.29) is 5.97 Å². The van der Waals surface area contributed by atoms with Gasteiger partial charge in [-0.3, -0.25) is 9.48 Å². The summed E-state index contributed by atoms with van der Waals surface area (Å²) in [4.78, 5) is 10.8. The van der Waals surface area contributed by atoms with Gasteiger partial charge in [0, 0.05) is 25.4 Å². The van der Waals surface area contributed by atoms with Crippen molar-refractivity contribution in [1.29, 1.82) is 0 Å². The van der Waals surface area contributed by atoms with E-state index >= 15 is 0 Å². The minimum absolute atomic E-state index is 0.140. The van der Waals surface area contributed by atoms with Crippen LogP contribution in [0.5, 0.6) is 0 Å². The fourth-order valence-electron chi connectivity index (χ4n) is 1.38. The molecule has 1 heterocycles. The van der Waals surface area contributed by atoms with Crippen LogP contribution >= 0.6 is 0 Å². The first-order valence-corrected chi connectivity index (χ1v) is 5.58. The second-order valence-electron chi connectivity index (χ2n) is 3.55. The Morgan fingerprint density at radius 1 is 1.44 bits per heavy atom. The molecule has 1 rings (SSSR count). The predicted molar refractivity (Wildman–Crippen MR) is 61.0 cm³/mol. The SMILES string of the molecule is COC(=O)CCCNCCCn1cccn1. The summed E-state index contributed by atoms with van der Waals surface area (Å²) in [5.41, 5.74) is 0. The van der Waals surface area contributed by atoms with Crippen molar-refractivity contribution >= 4 is 5.97 Å². The van der Waals surface area contributed by atoms with Crippen molar-refractivity contribution in [2.75, 3.05) is 20.2 Å². The Morgan fingerprint density at radius 2 is 2.25 bits per heavy atom. The zero-order valence-corrected chi connectivity index (χ0v) is 9.69. The molecule has 0 aliphatic rings. The number of carbonyl (C=O) groups excluding carboxylic acids is 1. The highest BCUT2D eigenvalue weighted by molar-refractivity contribution is 5.68. The lowest BCUT2D eigenvalue weighted by atomic mass is 10.3. The van der Waals surface area contributed by atoms with Gasteiger partial charge in [-0.1, -0.05) is 0 Å². The molecule has 16 heavy (non-hydrogen) atoms. The third-order valence-corrected chi connectivity index (χ3v) is 2.26. The Labute approximate surface area is 95.8 Å². The maximum absolute atomic E-state index is 10.8. The minimum Gasteiger partial charge on any atom is -0.469 e. The van der Waals surface area contributed by atoms with E-state index in [1.54, 1.807) is 6.20 Å². The molecular formula is C11H19N3O2. The highest BCUT2D eigenvalue weighted by Gasteiger charge is 1.98. The van der Waals surface area contributed by atoms with Crippen molar-refractivity contribution in [3.8, 4) is 0 Å². The van der Waals surface area contributed by atoms with Crippen molar-refractivity contribution in [2.24, 2.45) is 0 Å². The van der Waals surface area contributed by atoms with Gasteiger partial charge in [-0.15, -0.1) is 0 Å². The minimum atomic E-state index is -0.140. The molecule has 0 saturated carbocycles. The van der Waals surface area contributed by atoms with E-state index in [9.17, 15) is 4.79 Å². The first-order valence-electron chi connectivity index (χ1n) is 5.58. The van der Waals surface area contributed by atoms with Gasteiger partial charge >= 0.3 is 5.97 Å². The van der Waals surface area contributed by atoms with E-state index in [2.05, 4.69) is 15.2 Å². The predicted octanol–water partition coefficient (Wildman–Crippen LogP) is 0.816. The van der Waals surface area contributed by atoms with Crippen LogP contribution in [0.1, 0.15) is 19.3 Å². The van der Waals surface area contributed by atoms with E-state index in [0.29, 0.717) is 6.42 Å². The second kappa shape index (κ2) is 7.87. The molecule has 0 spiro atoms. The molecule has 1 aromatic heterocycles. The number of methoxy groups -OCH3 is 1. The average molecular weight is 225 g/mol. The van der Waals surface area contributed by atoms with Crippen molar-refractivity contribution in [3.05, 3.63) is 18.5 Å². The number of nitrogens with one attached hydrogen (secondary N) is 1. The summed E-state index contributed by atoms with van der Waals surface area (Å²) < 4.78 is 6.46. The molecule has 0 saturated heterocycles. The lowest BCUT2D eigenvalue weighted by Crippen LogP contribution is -2.19. The number of aromatic nitrogens is 2. The van der Waals surface area contributed by atoms with Crippen LogP contribution in [-0.2, 0) is 16.1 Å². The fourth-order valence-corrected chi connectivity index (χ4v) is 1.38. The van der Waals surface area contributed by atoms with Crippen molar-refractivity contribution in [2.45, 2.75) is 25.8 Å². The van der Waals surface area contributed by atoms with Gasteiger partial charge in [0.1, 0.15) is 0 Å². The summed E-state index contributed by atoms with van der Waals surface area (Å²) in [6.07, 6.45) is 6.10. The van der Waals surface area contributed by atoms with Gasteiger partial charge in [0.25, 0.3) is 0 Å². The van der Waals surface area contributed by atoms with Gasteiger partial charge in [0.05, 0.1) is 7.11 Å². The number of hydrogen-bond acceptors (Lipinski definition) is 4. The maximum atomic E-state index is 10.8. The largest absolute Gasteiger partial charge is 0.469 e. The molecule has 0 aliphatic heterocycles.